The number of likely N-dealkylation sites (tertiary alicyclic amines) is 1. The lowest BCUT2D eigenvalue weighted by Gasteiger charge is -2.37. The minimum Gasteiger partial charge on any atom is -0.346 e. The van der Waals surface area contributed by atoms with Gasteiger partial charge in [0, 0.05) is 19.6 Å². The molecule has 1 fully saturated rings. The van der Waals surface area contributed by atoms with E-state index in [1.54, 1.807) is 0 Å². The van der Waals surface area contributed by atoms with Gasteiger partial charge in [-0.25, -0.2) is 4.79 Å². The molecule has 0 radical (unpaired) electrons. The third-order valence-electron chi connectivity index (χ3n) is 9.07. The fourth-order valence-electron chi connectivity index (χ4n) is 5.70. The van der Waals surface area contributed by atoms with Gasteiger partial charge >= 0.3 is 6.03 Å². The molecule has 0 bridgehead atoms. The maximum Gasteiger partial charge on any atom is 0.315 e. The van der Waals surface area contributed by atoms with E-state index in [2.05, 4.69) is 33.2 Å². The predicted molar refractivity (Wildman–Crippen MR) is 198 cm³/mol. The van der Waals surface area contributed by atoms with E-state index in [9.17, 15) is 28.5 Å². The van der Waals surface area contributed by atoms with Crippen molar-refractivity contribution in [3.8, 4) is 0 Å². The summed E-state index contributed by atoms with van der Waals surface area (Å²) in [6.45, 7) is 23.5. The number of thiol groups is 1. The van der Waals surface area contributed by atoms with Crippen molar-refractivity contribution < 1.29 is 28.5 Å². The van der Waals surface area contributed by atoms with E-state index in [0.29, 0.717) is 38.9 Å². The van der Waals surface area contributed by atoms with Gasteiger partial charge in [-0.3, -0.25) is 19.2 Å². The molecule has 5 atom stereocenters. The summed E-state index contributed by atoms with van der Waals surface area (Å²) >= 11 is 0.113. The van der Waals surface area contributed by atoms with Crippen LogP contribution in [0.25, 0.3) is 0 Å². The highest BCUT2D eigenvalue weighted by Gasteiger charge is 2.46. The molecule has 0 aromatic heterocycles. The Kier molecular flexibility index (Phi) is 18.9. The van der Waals surface area contributed by atoms with Crippen molar-refractivity contribution in [2.75, 3.05) is 39.8 Å². The predicted octanol–water partition coefficient (Wildman–Crippen LogP) is 2.65. The number of ketones is 1. The van der Waals surface area contributed by atoms with Crippen molar-refractivity contribution in [1.82, 2.24) is 35.8 Å². The lowest BCUT2D eigenvalue weighted by molar-refractivity contribution is -0.143. The molecule has 1 unspecified atom stereocenters. The molecule has 1 aliphatic rings. The lowest BCUT2D eigenvalue weighted by atomic mass is 9.85. The first kappa shape index (κ1) is 44.3. The van der Waals surface area contributed by atoms with Gasteiger partial charge < -0.3 is 31.5 Å². The Morgan fingerprint density at radius 2 is 1.67 bits per heavy atom. The van der Waals surface area contributed by atoms with Gasteiger partial charge in [0.2, 0.25) is 29.8 Å². The number of rotatable bonds is 20. The van der Waals surface area contributed by atoms with Crippen LogP contribution in [0.2, 0.25) is 0 Å². The van der Waals surface area contributed by atoms with E-state index in [0.717, 1.165) is 19.4 Å². The molecule has 6 N–H and O–H groups in total. The van der Waals surface area contributed by atoms with Crippen LogP contribution in [0.5, 0.6) is 0 Å². The molecule has 1 saturated heterocycles. The van der Waals surface area contributed by atoms with Crippen molar-refractivity contribution >= 4 is 41.8 Å². The quantitative estimate of drug-likeness (QED) is 0.0368. The van der Waals surface area contributed by atoms with Gasteiger partial charge in [-0.05, 0) is 55.5 Å². The second-order valence-electron chi connectivity index (χ2n) is 15.6. The van der Waals surface area contributed by atoms with E-state index >= 15 is 0 Å². The molecule has 14 heteroatoms. The summed E-state index contributed by atoms with van der Waals surface area (Å²) in [6, 6.07) is -3.75. The van der Waals surface area contributed by atoms with Crippen LogP contribution in [0.3, 0.4) is 0 Å². The standard InChI is InChI=1S/C35H65N7O6S/c1-12-14-16-25(28(43)31(45)37-17-13-2)38-30(44)26-20-24(23(3)4)21-42(26)32(46)29(35(8,9)10)40-33(47)39-27(34(5,6)7)22-41(49-48)19-15-18-36-11/h13,23-27,29,36,48H,2,12,14-22H2,1,3-11H3,(H,37,45)(H,38,44)(H2,39,40,47)/p+1/t24-,25?,26+,27-,29-/m1/s1. The molecule has 0 aromatic carbocycles. The van der Waals surface area contributed by atoms with E-state index in [1.165, 1.54) is 11.0 Å². The second kappa shape index (κ2) is 20.9. The van der Waals surface area contributed by atoms with Gasteiger partial charge in [0.05, 0.1) is 18.6 Å². The molecule has 0 saturated carbocycles. The number of Topliss-reactive ketones (excluding diaryl/α,β-unsaturated/α-hetero) is 1. The Hall–Kier alpha value is -2.68. The number of carbonyl (C=O) groups excluding carboxylic acids is 5. The maximum atomic E-state index is 14.4. The molecule has 0 aromatic rings. The van der Waals surface area contributed by atoms with Crippen molar-refractivity contribution in [1.29, 1.82) is 0 Å². The molecule has 1 aliphatic heterocycles. The van der Waals surface area contributed by atoms with Gasteiger partial charge in [-0.2, -0.15) is 4.55 Å². The van der Waals surface area contributed by atoms with Crippen molar-refractivity contribution in [3.63, 3.8) is 0 Å². The third-order valence-corrected chi connectivity index (χ3v) is 9.69. The number of unbranched alkanes of at least 4 members (excludes halogenated alkanes) is 1. The zero-order valence-electron chi connectivity index (χ0n) is 31.6. The average molecular weight is 713 g/mol. The van der Waals surface area contributed by atoms with Crippen LogP contribution in [0.1, 0.15) is 94.4 Å². The second-order valence-corrected chi connectivity index (χ2v) is 16.4. The van der Waals surface area contributed by atoms with E-state index in [1.807, 2.05) is 73.7 Å². The molecular weight excluding hydrogens is 646 g/mol. The van der Waals surface area contributed by atoms with Gasteiger partial charge in [-0.1, -0.05) is 85.5 Å². The molecule has 1 heterocycles. The molecule has 49 heavy (non-hydrogen) atoms. The minimum atomic E-state index is -1.03. The zero-order valence-corrected chi connectivity index (χ0v) is 32.5. The van der Waals surface area contributed by atoms with Gasteiger partial charge in [0.1, 0.15) is 12.1 Å². The summed E-state index contributed by atoms with van der Waals surface area (Å²) in [7, 11) is 1.87. The summed E-state index contributed by atoms with van der Waals surface area (Å²) in [6.07, 6.45) is 4.37. The molecule has 0 spiro atoms. The minimum absolute atomic E-state index is 0.0200. The average Bonchev–Trinajstić information content (AvgIpc) is 3.48. The number of hydrogen-bond donors (Lipinski definition) is 6. The third kappa shape index (κ3) is 14.6. The Balaban J connectivity index is 3.29. The molecule has 282 valence electrons. The van der Waals surface area contributed by atoms with E-state index in [-0.39, 0.29) is 48.0 Å². The summed E-state index contributed by atoms with van der Waals surface area (Å²) in [4.78, 5) is 69.0. The summed E-state index contributed by atoms with van der Waals surface area (Å²) < 4.78 is 11.8. The Labute approximate surface area is 299 Å². The summed E-state index contributed by atoms with van der Waals surface area (Å²) in [5.41, 5.74) is -1.07. The normalized spacial score (nSPS) is 18.5. The highest BCUT2D eigenvalue weighted by Crippen LogP contribution is 2.32. The molecular formula is C35H66N7O6S+. The van der Waals surface area contributed by atoms with Gasteiger partial charge in [0.15, 0.2) is 0 Å². The monoisotopic (exact) mass is 712 g/mol. The largest absolute Gasteiger partial charge is 0.346 e. The highest BCUT2D eigenvalue weighted by molar-refractivity contribution is 7.69. The smallest absolute Gasteiger partial charge is 0.315 e. The Morgan fingerprint density at radius 3 is 2.18 bits per heavy atom. The number of urea groups is 1. The van der Waals surface area contributed by atoms with Crippen LogP contribution in [0.4, 0.5) is 4.79 Å². The van der Waals surface area contributed by atoms with Crippen LogP contribution in [0, 0.1) is 22.7 Å². The zero-order chi connectivity index (χ0) is 37.5. The van der Waals surface area contributed by atoms with E-state index < -0.39 is 47.2 Å². The fourth-order valence-corrected chi connectivity index (χ4v) is 6.17. The summed E-state index contributed by atoms with van der Waals surface area (Å²) in [5.74, 6) is -2.21. The SMILES string of the molecule is C=CCNC(=O)C(=O)C(CCCC)NC(=O)[C@@H]1C[C@@H](C(C)C)CN1C(=O)[C@@H](NC(=O)N[C@H](CN(CCCNC)[SH+]O)C(C)(C)C)C(C)(C)C. The first-order valence-electron chi connectivity index (χ1n) is 17.7. The van der Waals surface area contributed by atoms with Crippen molar-refractivity contribution in [3.05, 3.63) is 12.7 Å². The van der Waals surface area contributed by atoms with Crippen LogP contribution in [-0.2, 0) is 31.4 Å². The number of carbonyl (C=O) groups is 5. The van der Waals surface area contributed by atoms with E-state index in [4.69, 9.17) is 0 Å². The number of hydrogen-bond acceptors (Lipinski definition) is 8. The van der Waals surface area contributed by atoms with Crippen LogP contribution < -0.4 is 26.6 Å². The topological polar surface area (TPSA) is 172 Å². The fraction of sp³-hybridized carbons (Fsp3) is 0.800. The number of nitrogens with one attached hydrogen (secondary N) is 5. The molecule has 0 aliphatic carbocycles. The Bertz CT molecular complexity index is 1110. The molecule has 1 rings (SSSR count). The first-order valence-corrected chi connectivity index (χ1v) is 18.5. The number of amides is 5. The molecule has 5 amide bonds. The van der Waals surface area contributed by atoms with Crippen LogP contribution in [-0.4, -0.2) is 107 Å². The van der Waals surface area contributed by atoms with Gasteiger partial charge in [0.25, 0.3) is 5.91 Å². The Morgan fingerprint density at radius 1 is 1.02 bits per heavy atom. The van der Waals surface area contributed by atoms with Crippen molar-refractivity contribution in [2.45, 2.75) is 119 Å². The lowest BCUT2D eigenvalue weighted by Crippen LogP contribution is -2.61. The van der Waals surface area contributed by atoms with Crippen LogP contribution in [0.15, 0.2) is 12.7 Å². The van der Waals surface area contributed by atoms with Crippen LogP contribution >= 0.6 is 0 Å². The molecule has 13 nitrogen and oxygen atoms in total. The van der Waals surface area contributed by atoms with Crippen molar-refractivity contribution in [2.24, 2.45) is 22.7 Å². The summed E-state index contributed by atoms with van der Waals surface area (Å²) in [5, 5.41) is 14.4. The number of nitrogens with zero attached hydrogens (tertiary/aromatic N) is 2. The highest BCUT2D eigenvalue weighted by atomic mass is 32.2. The maximum absolute atomic E-state index is 14.4. The first-order chi connectivity index (χ1) is 22.8. The van der Waals surface area contributed by atoms with Gasteiger partial charge in [-0.15, -0.1) is 6.58 Å².